The van der Waals surface area contributed by atoms with Crippen molar-refractivity contribution in [1.82, 2.24) is 20.3 Å². The van der Waals surface area contributed by atoms with Crippen LogP contribution in [0.1, 0.15) is 61.1 Å². The van der Waals surface area contributed by atoms with Crippen molar-refractivity contribution in [1.29, 1.82) is 0 Å². The van der Waals surface area contributed by atoms with E-state index >= 15 is 0 Å². The molecule has 3 aromatic rings. The van der Waals surface area contributed by atoms with Gasteiger partial charge in [0.25, 0.3) is 5.91 Å². The first kappa shape index (κ1) is 25.0. The second-order valence-corrected chi connectivity index (χ2v) is 13.0. The summed E-state index contributed by atoms with van der Waals surface area (Å²) in [5.41, 5.74) is 1.87. The molecule has 0 aliphatic heterocycles. The zero-order valence-electron chi connectivity index (χ0n) is 19.7. The quantitative estimate of drug-likeness (QED) is 0.458. The van der Waals surface area contributed by atoms with Gasteiger partial charge in [0.15, 0.2) is 11.4 Å². The van der Waals surface area contributed by atoms with Crippen molar-refractivity contribution in [2.75, 3.05) is 12.0 Å². The number of sulfone groups is 1. The number of fused-ring (bicyclic) bond motifs is 1. The van der Waals surface area contributed by atoms with E-state index in [2.05, 4.69) is 41.0 Å². The van der Waals surface area contributed by atoms with Crippen LogP contribution in [0, 0.1) is 11.3 Å². The predicted octanol–water partition coefficient (Wildman–Crippen LogP) is 4.10. The molecule has 0 radical (unpaired) electrons. The second-order valence-electron chi connectivity index (χ2n) is 9.70. The lowest BCUT2D eigenvalue weighted by Crippen LogP contribution is -2.41. The lowest BCUT2D eigenvalue weighted by molar-refractivity contribution is 0.0910. The largest absolute Gasteiger partial charge is 0.349 e. The van der Waals surface area contributed by atoms with Crippen molar-refractivity contribution >= 4 is 44.0 Å². The van der Waals surface area contributed by atoms with Crippen LogP contribution in [0.3, 0.4) is 0 Å². The molecule has 2 atom stereocenters. The summed E-state index contributed by atoms with van der Waals surface area (Å²) in [6.45, 7) is 9.89. The molecule has 3 heterocycles. The number of thiophene rings is 1. The van der Waals surface area contributed by atoms with Gasteiger partial charge >= 0.3 is 0 Å². The summed E-state index contributed by atoms with van der Waals surface area (Å²) in [5.74, 6) is -0.609. The second kappa shape index (κ2) is 9.34. The SMILES string of the molecule is C[C@@H](CC(=O)c1ccc(-c2cnc3[nH]cc(C(=O)N[C@@H](C)C(C)(C)C)c3n2)s1)CS(C)(=O)=O. The van der Waals surface area contributed by atoms with E-state index in [1.165, 1.54) is 17.6 Å². The molecule has 178 valence electrons. The topological polar surface area (TPSA) is 122 Å². The molecule has 0 saturated carbocycles. The molecule has 0 aromatic carbocycles. The van der Waals surface area contributed by atoms with Crippen LogP contribution >= 0.6 is 11.3 Å². The molecular formula is C23H30N4O4S2. The van der Waals surface area contributed by atoms with E-state index in [0.717, 1.165) is 4.88 Å². The van der Waals surface area contributed by atoms with Gasteiger partial charge in [0.05, 0.1) is 33.0 Å². The number of ketones is 1. The lowest BCUT2D eigenvalue weighted by Gasteiger charge is -2.27. The maximum absolute atomic E-state index is 12.8. The zero-order valence-corrected chi connectivity index (χ0v) is 21.4. The Morgan fingerprint density at radius 2 is 1.91 bits per heavy atom. The zero-order chi connectivity index (χ0) is 24.6. The number of hydrogen-bond donors (Lipinski definition) is 2. The molecule has 8 nitrogen and oxygen atoms in total. The van der Waals surface area contributed by atoms with E-state index in [-0.39, 0.29) is 41.2 Å². The van der Waals surface area contributed by atoms with E-state index in [9.17, 15) is 18.0 Å². The van der Waals surface area contributed by atoms with E-state index in [0.29, 0.717) is 27.3 Å². The standard InChI is InChI=1S/C23H30N4O4S2/c1-13(12-33(6,30)31)9-17(28)19-8-7-18(32-19)16-11-25-21-20(27-16)15(10-24-21)22(29)26-14(2)23(3,4)5/h7-8,10-11,13-14H,9,12H2,1-6H3,(H,24,25)(H,26,29)/t13-,14-/m0/s1. The lowest BCUT2D eigenvalue weighted by atomic mass is 9.88. The Bertz CT molecular complexity index is 1290. The Morgan fingerprint density at radius 1 is 1.21 bits per heavy atom. The molecule has 2 N–H and O–H groups in total. The van der Waals surface area contributed by atoms with E-state index in [1.54, 1.807) is 31.5 Å². The number of nitrogens with zero attached hydrogens (tertiary/aromatic N) is 2. The van der Waals surface area contributed by atoms with Crippen molar-refractivity contribution < 1.29 is 18.0 Å². The van der Waals surface area contributed by atoms with Gasteiger partial charge in [-0.1, -0.05) is 27.7 Å². The van der Waals surface area contributed by atoms with Gasteiger partial charge in [-0.05, 0) is 30.4 Å². The molecule has 0 saturated heterocycles. The highest BCUT2D eigenvalue weighted by atomic mass is 32.2. The van der Waals surface area contributed by atoms with E-state index in [4.69, 9.17) is 0 Å². The van der Waals surface area contributed by atoms with Crippen LogP contribution in [-0.2, 0) is 9.84 Å². The van der Waals surface area contributed by atoms with Gasteiger partial charge in [-0.2, -0.15) is 0 Å². The number of H-pyrrole nitrogens is 1. The minimum absolute atomic E-state index is 0.0225. The highest BCUT2D eigenvalue weighted by molar-refractivity contribution is 7.90. The molecule has 0 fully saturated rings. The van der Waals surface area contributed by atoms with Crippen LogP contribution in [0.15, 0.2) is 24.5 Å². The fraction of sp³-hybridized carbons (Fsp3) is 0.478. The molecule has 3 aromatic heterocycles. The summed E-state index contributed by atoms with van der Waals surface area (Å²) in [7, 11) is -3.13. The molecule has 33 heavy (non-hydrogen) atoms. The minimum Gasteiger partial charge on any atom is -0.349 e. The van der Waals surface area contributed by atoms with Crippen molar-refractivity contribution in [3.05, 3.63) is 35.0 Å². The Hall–Kier alpha value is -2.59. The Balaban J connectivity index is 1.81. The van der Waals surface area contributed by atoms with E-state index in [1.807, 2.05) is 6.92 Å². The van der Waals surface area contributed by atoms with Crippen LogP contribution in [0.2, 0.25) is 0 Å². The third-order valence-electron chi connectivity index (χ3n) is 5.53. The number of carbonyl (C=O) groups is 2. The molecule has 3 rings (SSSR count). The number of rotatable bonds is 8. The molecule has 0 spiro atoms. The van der Waals surface area contributed by atoms with Crippen molar-refractivity contribution in [3.63, 3.8) is 0 Å². The smallest absolute Gasteiger partial charge is 0.255 e. The summed E-state index contributed by atoms with van der Waals surface area (Å²) >= 11 is 1.28. The molecule has 10 heteroatoms. The molecular weight excluding hydrogens is 460 g/mol. The summed E-state index contributed by atoms with van der Waals surface area (Å²) in [6.07, 6.45) is 4.54. The number of carbonyl (C=O) groups excluding carboxylic acids is 2. The van der Waals surface area contributed by atoms with E-state index < -0.39 is 9.84 Å². The van der Waals surface area contributed by atoms with Gasteiger partial charge in [0.1, 0.15) is 15.4 Å². The van der Waals surface area contributed by atoms with Crippen LogP contribution in [0.25, 0.3) is 21.7 Å². The van der Waals surface area contributed by atoms with Crippen LogP contribution in [0.5, 0.6) is 0 Å². The maximum Gasteiger partial charge on any atom is 0.255 e. The first-order chi connectivity index (χ1) is 15.2. The normalized spacial score (nSPS) is 14.2. The van der Waals surface area contributed by atoms with Gasteiger partial charge in [-0.15, -0.1) is 11.3 Å². The number of Topliss-reactive ketones (excluding diaryl/α,β-unsaturated/α-hetero) is 1. The third-order valence-corrected chi connectivity index (χ3v) is 7.85. The first-order valence-corrected chi connectivity index (χ1v) is 13.6. The van der Waals surface area contributed by atoms with Crippen molar-refractivity contribution in [2.45, 2.75) is 47.1 Å². The van der Waals surface area contributed by atoms with Crippen molar-refractivity contribution in [3.8, 4) is 10.6 Å². The number of nitrogens with one attached hydrogen (secondary N) is 2. The molecule has 0 aliphatic carbocycles. The fourth-order valence-electron chi connectivity index (χ4n) is 3.29. The Morgan fingerprint density at radius 3 is 2.55 bits per heavy atom. The fourth-order valence-corrected chi connectivity index (χ4v) is 5.35. The van der Waals surface area contributed by atoms with Gasteiger partial charge in [0, 0.05) is 24.9 Å². The number of hydrogen-bond acceptors (Lipinski definition) is 7. The minimum atomic E-state index is -3.13. The molecule has 1 amide bonds. The van der Waals surface area contributed by atoms with Crippen LogP contribution in [0.4, 0.5) is 0 Å². The average Bonchev–Trinajstić information content (AvgIpc) is 3.32. The van der Waals surface area contributed by atoms with Gasteiger partial charge < -0.3 is 10.3 Å². The highest BCUT2D eigenvalue weighted by Crippen LogP contribution is 2.29. The molecule has 0 unspecified atom stereocenters. The van der Waals surface area contributed by atoms with Gasteiger partial charge in [-0.3, -0.25) is 9.59 Å². The molecule has 0 bridgehead atoms. The summed E-state index contributed by atoms with van der Waals surface area (Å²) < 4.78 is 22.9. The number of aromatic nitrogens is 3. The maximum atomic E-state index is 12.8. The van der Waals surface area contributed by atoms with Gasteiger partial charge in [0.2, 0.25) is 0 Å². The molecule has 0 aliphatic rings. The average molecular weight is 491 g/mol. The Kier molecular flexibility index (Phi) is 7.09. The number of amides is 1. The first-order valence-electron chi connectivity index (χ1n) is 10.7. The Labute approximate surface area is 198 Å². The summed E-state index contributed by atoms with van der Waals surface area (Å²) in [6, 6.07) is 3.47. The monoisotopic (exact) mass is 490 g/mol. The van der Waals surface area contributed by atoms with Crippen LogP contribution < -0.4 is 5.32 Å². The summed E-state index contributed by atoms with van der Waals surface area (Å²) in [4.78, 5) is 38.8. The predicted molar refractivity (Wildman–Crippen MR) is 131 cm³/mol. The van der Waals surface area contributed by atoms with Crippen molar-refractivity contribution in [2.24, 2.45) is 11.3 Å². The highest BCUT2D eigenvalue weighted by Gasteiger charge is 2.24. The third kappa shape index (κ3) is 6.26. The summed E-state index contributed by atoms with van der Waals surface area (Å²) in [5, 5.41) is 3.02. The number of aromatic amines is 1. The van der Waals surface area contributed by atoms with Crippen LogP contribution in [-0.4, -0.2) is 53.1 Å². The van der Waals surface area contributed by atoms with Gasteiger partial charge in [-0.25, -0.2) is 18.4 Å².